The van der Waals surface area contributed by atoms with Gasteiger partial charge >= 0.3 is 0 Å². The second-order valence-electron chi connectivity index (χ2n) is 6.00. The van der Waals surface area contributed by atoms with Crippen molar-refractivity contribution in [1.29, 1.82) is 0 Å². The minimum Gasteiger partial charge on any atom is -0.377 e. The van der Waals surface area contributed by atoms with Gasteiger partial charge in [0.15, 0.2) is 0 Å². The summed E-state index contributed by atoms with van der Waals surface area (Å²) < 4.78 is 30.7. The predicted octanol–water partition coefficient (Wildman–Crippen LogP) is 2.24. The van der Waals surface area contributed by atoms with Gasteiger partial charge in [0, 0.05) is 28.7 Å². The number of hydrogen-bond acceptors (Lipinski definition) is 5. The monoisotopic (exact) mass is 321 g/mol. The highest BCUT2D eigenvalue weighted by Crippen LogP contribution is 2.35. The third kappa shape index (κ3) is 2.84. The van der Waals surface area contributed by atoms with E-state index in [1.54, 1.807) is 4.57 Å². The van der Waals surface area contributed by atoms with E-state index in [2.05, 4.69) is 10.2 Å². The van der Waals surface area contributed by atoms with Crippen molar-refractivity contribution >= 4 is 19.7 Å². The Morgan fingerprint density at radius 1 is 1.40 bits per heavy atom. The maximum Gasteiger partial charge on any atom is 0.296 e. The molecule has 1 aliphatic rings. The van der Waals surface area contributed by atoms with E-state index in [4.69, 9.17) is 15.4 Å². The number of aromatic nitrogens is 3. The largest absolute Gasteiger partial charge is 0.377 e. The molecule has 0 spiro atoms. The molecule has 2 unspecified atom stereocenters. The van der Waals surface area contributed by atoms with Gasteiger partial charge in [-0.3, -0.25) is 4.57 Å². The molecule has 2 rings (SSSR count). The molecule has 1 fully saturated rings. The molecule has 1 aliphatic heterocycles. The van der Waals surface area contributed by atoms with Crippen LogP contribution in [0.1, 0.15) is 52.3 Å². The molecule has 0 N–H and O–H groups in total. The molecule has 0 saturated carbocycles. The van der Waals surface area contributed by atoms with Gasteiger partial charge in [0.25, 0.3) is 14.2 Å². The van der Waals surface area contributed by atoms with E-state index in [9.17, 15) is 8.42 Å². The molecule has 2 heterocycles. The van der Waals surface area contributed by atoms with Crippen molar-refractivity contribution in [3.63, 3.8) is 0 Å². The topological polar surface area (TPSA) is 74.1 Å². The molecule has 1 aromatic heterocycles. The van der Waals surface area contributed by atoms with Crippen molar-refractivity contribution < 1.29 is 13.2 Å². The molecule has 2 atom stereocenters. The Kier molecular flexibility index (Phi) is 4.15. The van der Waals surface area contributed by atoms with Gasteiger partial charge in [-0.15, -0.1) is 10.2 Å². The van der Waals surface area contributed by atoms with Gasteiger partial charge in [-0.25, -0.2) is 8.42 Å². The van der Waals surface area contributed by atoms with E-state index in [-0.39, 0.29) is 17.2 Å². The average molecular weight is 322 g/mol. The van der Waals surface area contributed by atoms with Gasteiger partial charge in [-0.1, -0.05) is 6.92 Å². The quantitative estimate of drug-likeness (QED) is 0.798. The van der Waals surface area contributed by atoms with Crippen LogP contribution in [0.2, 0.25) is 0 Å². The Morgan fingerprint density at radius 2 is 2.05 bits per heavy atom. The van der Waals surface area contributed by atoms with Crippen LogP contribution in [-0.4, -0.2) is 35.9 Å². The van der Waals surface area contributed by atoms with Gasteiger partial charge in [0.05, 0.1) is 6.10 Å². The Morgan fingerprint density at radius 3 is 2.55 bits per heavy atom. The van der Waals surface area contributed by atoms with Crippen molar-refractivity contribution in [2.24, 2.45) is 0 Å². The van der Waals surface area contributed by atoms with Crippen LogP contribution in [0, 0.1) is 0 Å². The molecule has 0 bridgehead atoms. The first kappa shape index (κ1) is 15.7. The van der Waals surface area contributed by atoms with E-state index in [1.807, 2.05) is 27.7 Å². The summed E-state index contributed by atoms with van der Waals surface area (Å²) in [5.74, 6) is 0.694. The van der Waals surface area contributed by atoms with Crippen LogP contribution < -0.4 is 0 Å². The summed E-state index contributed by atoms with van der Waals surface area (Å²) in [4.78, 5) is 0. The lowest BCUT2D eigenvalue weighted by Crippen LogP contribution is -2.29. The minimum atomic E-state index is -3.93. The molecule has 0 amide bonds. The van der Waals surface area contributed by atoms with Crippen molar-refractivity contribution in [3.05, 3.63) is 5.82 Å². The summed E-state index contributed by atoms with van der Waals surface area (Å²) in [6.07, 6.45) is 1.71. The zero-order valence-corrected chi connectivity index (χ0v) is 13.7. The van der Waals surface area contributed by atoms with Crippen LogP contribution in [0.4, 0.5) is 0 Å². The van der Waals surface area contributed by atoms with E-state index in [0.717, 1.165) is 12.8 Å². The normalized spacial score (nSPS) is 24.2. The number of ether oxygens (including phenoxy) is 1. The van der Waals surface area contributed by atoms with Crippen LogP contribution in [-0.2, 0) is 19.3 Å². The van der Waals surface area contributed by atoms with E-state index < -0.39 is 14.6 Å². The second kappa shape index (κ2) is 5.27. The minimum absolute atomic E-state index is 0.0474. The Labute approximate surface area is 123 Å². The van der Waals surface area contributed by atoms with E-state index in [0.29, 0.717) is 12.4 Å². The predicted molar refractivity (Wildman–Crippen MR) is 75.4 cm³/mol. The molecule has 20 heavy (non-hydrogen) atoms. The van der Waals surface area contributed by atoms with Crippen molar-refractivity contribution in [3.8, 4) is 0 Å². The first-order valence-corrected chi connectivity index (χ1v) is 8.99. The number of nitrogens with zero attached hydrogens (tertiary/aromatic N) is 3. The lowest BCUT2D eigenvalue weighted by Gasteiger charge is -2.27. The van der Waals surface area contributed by atoms with Gasteiger partial charge in [-0.05, 0) is 33.6 Å². The van der Waals surface area contributed by atoms with Crippen LogP contribution in [0.25, 0.3) is 0 Å². The van der Waals surface area contributed by atoms with Gasteiger partial charge < -0.3 is 4.74 Å². The lowest BCUT2D eigenvalue weighted by molar-refractivity contribution is 0.0979. The van der Waals surface area contributed by atoms with Crippen LogP contribution in [0.5, 0.6) is 0 Å². The zero-order valence-electron chi connectivity index (χ0n) is 12.1. The summed E-state index contributed by atoms with van der Waals surface area (Å²) in [5.41, 5.74) is -0.475. The highest BCUT2D eigenvalue weighted by atomic mass is 35.7. The Hall–Kier alpha value is -0.660. The number of rotatable bonds is 3. The summed E-state index contributed by atoms with van der Waals surface area (Å²) in [5, 5.41) is 7.71. The van der Waals surface area contributed by atoms with Crippen molar-refractivity contribution in [2.45, 2.75) is 63.3 Å². The molecule has 0 aromatic carbocycles. The standard InChI is InChI=1S/C12H20ClN3O3S/c1-5-9-8(6-7-19-9)10-14-15-11(20(13,17)18)16(10)12(2,3)4/h8-9H,5-7H2,1-4H3. The van der Waals surface area contributed by atoms with Gasteiger partial charge in [-0.2, -0.15) is 0 Å². The summed E-state index contributed by atoms with van der Waals surface area (Å²) >= 11 is 0. The molecule has 8 heteroatoms. The molecule has 0 aliphatic carbocycles. The Balaban J connectivity index is 2.58. The van der Waals surface area contributed by atoms with Crippen LogP contribution in [0.15, 0.2) is 5.16 Å². The fourth-order valence-electron chi connectivity index (χ4n) is 2.66. The zero-order chi connectivity index (χ0) is 15.1. The molecule has 6 nitrogen and oxygen atoms in total. The maximum absolute atomic E-state index is 11.7. The second-order valence-corrected chi connectivity index (χ2v) is 8.46. The maximum atomic E-state index is 11.7. The highest BCUT2D eigenvalue weighted by molar-refractivity contribution is 8.13. The van der Waals surface area contributed by atoms with Gasteiger partial charge in [0.2, 0.25) is 0 Å². The molecular formula is C12H20ClN3O3S. The molecule has 114 valence electrons. The summed E-state index contributed by atoms with van der Waals surface area (Å²) in [7, 11) is 1.55. The number of hydrogen-bond donors (Lipinski definition) is 0. The first-order valence-electron chi connectivity index (χ1n) is 6.68. The smallest absolute Gasteiger partial charge is 0.296 e. The Bertz CT molecular complexity index is 592. The summed E-state index contributed by atoms with van der Waals surface area (Å²) in [6, 6.07) is 0. The van der Waals surface area contributed by atoms with E-state index in [1.165, 1.54) is 0 Å². The lowest BCUT2D eigenvalue weighted by atomic mass is 9.97. The molecular weight excluding hydrogens is 302 g/mol. The fraction of sp³-hybridized carbons (Fsp3) is 0.833. The first-order chi connectivity index (χ1) is 9.16. The van der Waals surface area contributed by atoms with Crippen LogP contribution >= 0.6 is 10.7 Å². The average Bonchev–Trinajstić information content (AvgIpc) is 2.92. The highest BCUT2D eigenvalue weighted by Gasteiger charge is 2.37. The summed E-state index contributed by atoms with van der Waals surface area (Å²) in [6.45, 7) is 8.41. The fourth-order valence-corrected chi connectivity index (χ4v) is 3.68. The molecule has 1 saturated heterocycles. The SMILES string of the molecule is CCC1OCCC1c1nnc(S(=O)(=O)Cl)n1C(C)(C)C. The van der Waals surface area contributed by atoms with Crippen molar-refractivity contribution in [1.82, 2.24) is 14.8 Å². The molecule has 1 aromatic rings. The third-order valence-corrected chi connectivity index (χ3v) is 4.61. The third-order valence-electron chi connectivity index (χ3n) is 3.49. The van der Waals surface area contributed by atoms with Crippen LogP contribution in [0.3, 0.4) is 0 Å². The van der Waals surface area contributed by atoms with Crippen molar-refractivity contribution in [2.75, 3.05) is 6.61 Å². The van der Waals surface area contributed by atoms with E-state index >= 15 is 0 Å². The molecule has 0 radical (unpaired) electrons. The van der Waals surface area contributed by atoms with Gasteiger partial charge in [0.1, 0.15) is 5.82 Å². The number of halogens is 1.